The van der Waals surface area contributed by atoms with Crippen LogP contribution in [0, 0.1) is 5.41 Å². The summed E-state index contributed by atoms with van der Waals surface area (Å²) in [5, 5.41) is 0. The molecule has 2 nitrogen and oxygen atoms in total. The molecule has 0 atom stereocenters. The van der Waals surface area contributed by atoms with E-state index < -0.39 is 0 Å². The molecule has 0 radical (unpaired) electrons. The smallest absolute Gasteiger partial charge is 0.158 e. The van der Waals surface area contributed by atoms with Crippen LogP contribution in [-0.4, -0.2) is 18.0 Å². The molecule has 0 rings (SSSR count). The Morgan fingerprint density at radius 1 is 1.07 bits per heavy atom. The van der Waals surface area contributed by atoms with Crippen LogP contribution in [-0.2, 0) is 9.53 Å². The lowest BCUT2D eigenvalue weighted by atomic mass is 9.89. The highest BCUT2D eigenvalue weighted by atomic mass is 16.5. The lowest BCUT2D eigenvalue weighted by molar-refractivity contribution is -0.128. The highest BCUT2D eigenvalue weighted by molar-refractivity contribution is 5.79. The van der Waals surface area contributed by atoms with Crippen LogP contribution in [0.1, 0.15) is 60.8 Å². The summed E-state index contributed by atoms with van der Waals surface area (Å²) in [6.07, 6.45) is 2.71. The first-order valence-electron chi connectivity index (χ1n) is 5.76. The molecule has 15 heavy (non-hydrogen) atoms. The molecule has 0 unspecified atom stereocenters. The van der Waals surface area contributed by atoms with Crippen molar-refractivity contribution in [2.24, 2.45) is 5.41 Å². The number of carbonyl (C=O) groups is 1. The minimum absolute atomic E-state index is 0.209. The minimum atomic E-state index is -0.209. The molecule has 0 spiro atoms. The van der Waals surface area contributed by atoms with Gasteiger partial charge in [-0.25, -0.2) is 0 Å². The van der Waals surface area contributed by atoms with Crippen LogP contribution in [0.5, 0.6) is 0 Å². The average Bonchev–Trinajstić information content (AvgIpc) is 1.97. The van der Waals surface area contributed by atoms with Crippen LogP contribution in [0.4, 0.5) is 0 Å². The molecular formula is C13H26O2. The molecule has 0 aromatic heterocycles. The summed E-state index contributed by atoms with van der Waals surface area (Å²) in [4.78, 5) is 11.5. The van der Waals surface area contributed by atoms with E-state index in [9.17, 15) is 4.79 Å². The zero-order valence-electron chi connectivity index (χ0n) is 11.1. The van der Waals surface area contributed by atoms with E-state index in [-0.39, 0.29) is 18.0 Å². The normalized spacial score (nSPS) is 12.9. The number of Topliss-reactive ketones (excluding diaryl/α,β-unsaturated/α-hetero) is 1. The molecule has 0 N–H and O–H groups in total. The topological polar surface area (TPSA) is 26.3 Å². The van der Waals surface area contributed by atoms with E-state index in [0.29, 0.717) is 11.8 Å². The van der Waals surface area contributed by atoms with Crippen LogP contribution >= 0.6 is 0 Å². The summed E-state index contributed by atoms with van der Waals surface area (Å²) in [5.74, 6) is 0.217. The molecule has 0 aromatic carbocycles. The van der Waals surface area contributed by atoms with Crippen molar-refractivity contribution in [2.45, 2.75) is 66.4 Å². The molecule has 0 bridgehead atoms. The number of hydrogen-bond donors (Lipinski definition) is 0. The fourth-order valence-electron chi connectivity index (χ4n) is 1.19. The largest absolute Gasteiger partial charge is 0.368 e. The van der Waals surface area contributed by atoms with Gasteiger partial charge in [0.2, 0.25) is 0 Å². The van der Waals surface area contributed by atoms with Gasteiger partial charge in [0.15, 0.2) is 5.78 Å². The first kappa shape index (κ1) is 14.6. The molecule has 90 valence electrons. The molecule has 0 aliphatic rings. The Bertz CT molecular complexity index is 194. The average molecular weight is 214 g/mol. The lowest BCUT2D eigenvalue weighted by Gasteiger charge is -2.20. The van der Waals surface area contributed by atoms with Crippen LogP contribution < -0.4 is 0 Å². The summed E-state index contributed by atoms with van der Waals surface area (Å²) in [6.45, 7) is 12.8. The fourth-order valence-corrected chi connectivity index (χ4v) is 1.19. The van der Waals surface area contributed by atoms with Gasteiger partial charge in [0, 0.05) is 6.42 Å². The van der Waals surface area contributed by atoms with Crippen LogP contribution in [0.25, 0.3) is 0 Å². The maximum absolute atomic E-state index is 11.5. The van der Waals surface area contributed by atoms with Crippen LogP contribution in [0.2, 0.25) is 0 Å². The van der Waals surface area contributed by atoms with Crippen molar-refractivity contribution in [1.82, 2.24) is 0 Å². The third-order valence-electron chi connectivity index (χ3n) is 2.05. The highest BCUT2D eigenvalue weighted by Gasteiger charge is 2.14. The first-order valence-corrected chi connectivity index (χ1v) is 5.76. The summed E-state index contributed by atoms with van der Waals surface area (Å²) in [6, 6.07) is 0. The van der Waals surface area contributed by atoms with Crippen molar-refractivity contribution in [3.8, 4) is 0 Å². The number of ether oxygens (including phenoxy) is 1. The molecule has 2 heteroatoms. The molecular weight excluding hydrogens is 188 g/mol. The molecule has 0 heterocycles. The van der Waals surface area contributed by atoms with Crippen molar-refractivity contribution in [1.29, 1.82) is 0 Å². The Morgan fingerprint density at radius 2 is 1.60 bits per heavy atom. The van der Waals surface area contributed by atoms with Gasteiger partial charge in [-0.3, -0.25) is 4.79 Å². The number of ketones is 1. The Balaban J connectivity index is 3.60. The zero-order valence-corrected chi connectivity index (χ0v) is 11.1. The predicted molar refractivity (Wildman–Crippen MR) is 64.0 cm³/mol. The van der Waals surface area contributed by atoms with Gasteiger partial charge in [-0.2, -0.15) is 0 Å². The van der Waals surface area contributed by atoms with Crippen molar-refractivity contribution in [3.05, 3.63) is 0 Å². The van der Waals surface area contributed by atoms with Gasteiger partial charge in [-0.1, -0.05) is 20.8 Å². The van der Waals surface area contributed by atoms with Crippen LogP contribution in [0.15, 0.2) is 0 Å². The monoisotopic (exact) mass is 214 g/mol. The summed E-state index contributed by atoms with van der Waals surface area (Å²) in [7, 11) is 0. The second-order valence-corrected chi connectivity index (χ2v) is 6.35. The van der Waals surface area contributed by atoms with Gasteiger partial charge >= 0.3 is 0 Å². The molecule has 0 saturated carbocycles. The maximum Gasteiger partial charge on any atom is 0.158 e. The SMILES string of the molecule is CC(C)(C)CCCC(=O)COC(C)(C)C. The van der Waals surface area contributed by atoms with Crippen molar-refractivity contribution >= 4 is 5.78 Å². The van der Waals surface area contributed by atoms with Crippen molar-refractivity contribution in [3.63, 3.8) is 0 Å². The zero-order chi connectivity index (χ0) is 12.1. The van der Waals surface area contributed by atoms with E-state index in [1.807, 2.05) is 20.8 Å². The van der Waals surface area contributed by atoms with Gasteiger partial charge < -0.3 is 4.74 Å². The molecule has 0 fully saturated rings. The second-order valence-electron chi connectivity index (χ2n) is 6.35. The highest BCUT2D eigenvalue weighted by Crippen LogP contribution is 2.21. The fraction of sp³-hybridized carbons (Fsp3) is 0.923. The summed E-state index contributed by atoms with van der Waals surface area (Å²) >= 11 is 0. The lowest BCUT2D eigenvalue weighted by Crippen LogP contribution is -2.23. The standard InChI is InChI=1S/C13H26O2/c1-12(2,3)9-7-8-11(14)10-15-13(4,5)6/h7-10H2,1-6H3. The van der Waals surface area contributed by atoms with Gasteiger partial charge in [0.25, 0.3) is 0 Å². The van der Waals surface area contributed by atoms with Gasteiger partial charge in [0.1, 0.15) is 6.61 Å². The van der Waals surface area contributed by atoms with Gasteiger partial charge in [-0.15, -0.1) is 0 Å². The quantitative estimate of drug-likeness (QED) is 0.699. The Labute approximate surface area is 94.4 Å². The molecule has 0 aromatic rings. The maximum atomic E-state index is 11.5. The van der Waals surface area contributed by atoms with Crippen molar-refractivity contribution < 1.29 is 9.53 Å². The van der Waals surface area contributed by atoms with E-state index in [4.69, 9.17) is 4.74 Å². The van der Waals surface area contributed by atoms with Crippen LogP contribution in [0.3, 0.4) is 0 Å². The van der Waals surface area contributed by atoms with Gasteiger partial charge in [-0.05, 0) is 39.0 Å². The Kier molecular flexibility index (Phi) is 5.50. The third-order valence-corrected chi connectivity index (χ3v) is 2.05. The summed E-state index contributed by atoms with van der Waals surface area (Å²) < 4.78 is 5.42. The molecule has 0 amide bonds. The molecule has 0 aliphatic heterocycles. The third kappa shape index (κ3) is 11.6. The van der Waals surface area contributed by atoms with Crippen molar-refractivity contribution in [2.75, 3.05) is 6.61 Å². The number of hydrogen-bond acceptors (Lipinski definition) is 2. The van der Waals surface area contributed by atoms with E-state index in [0.717, 1.165) is 12.8 Å². The Morgan fingerprint density at radius 3 is 2.00 bits per heavy atom. The Hall–Kier alpha value is -0.370. The molecule has 0 aliphatic carbocycles. The van der Waals surface area contributed by atoms with Gasteiger partial charge in [0.05, 0.1) is 5.60 Å². The first-order chi connectivity index (χ1) is 6.60. The van der Waals surface area contributed by atoms with E-state index >= 15 is 0 Å². The number of rotatable bonds is 5. The van der Waals surface area contributed by atoms with E-state index in [2.05, 4.69) is 20.8 Å². The summed E-state index contributed by atoms with van der Waals surface area (Å²) in [5.41, 5.74) is 0.116. The second kappa shape index (κ2) is 5.64. The predicted octanol–water partition coefficient (Wildman–Crippen LogP) is 3.59. The van der Waals surface area contributed by atoms with E-state index in [1.165, 1.54) is 0 Å². The minimum Gasteiger partial charge on any atom is -0.368 e. The van der Waals surface area contributed by atoms with E-state index in [1.54, 1.807) is 0 Å². The molecule has 0 saturated heterocycles. The number of carbonyl (C=O) groups excluding carboxylic acids is 1.